The van der Waals surface area contributed by atoms with E-state index in [0.717, 1.165) is 15.8 Å². The van der Waals surface area contributed by atoms with Gasteiger partial charge >= 0.3 is 0 Å². The van der Waals surface area contributed by atoms with Gasteiger partial charge in [-0.1, -0.05) is 0 Å². The summed E-state index contributed by atoms with van der Waals surface area (Å²) in [7, 11) is 0. The molecule has 1 aromatic carbocycles. The van der Waals surface area contributed by atoms with E-state index in [2.05, 4.69) is 27.9 Å². The van der Waals surface area contributed by atoms with Crippen LogP contribution < -0.4 is 11.1 Å². The fourth-order valence-electron chi connectivity index (χ4n) is 1.68. The summed E-state index contributed by atoms with van der Waals surface area (Å²) in [6, 6.07) is 4.99. The number of hydrogen-bond acceptors (Lipinski definition) is 4. The van der Waals surface area contributed by atoms with E-state index in [1.165, 1.54) is 18.9 Å². The molecule has 1 aliphatic rings. The second-order valence-corrected chi connectivity index (χ2v) is 5.47. The van der Waals surface area contributed by atoms with E-state index in [0.29, 0.717) is 5.92 Å². The van der Waals surface area contributed by atoms with Gasteiger partial charge < -0.3 is 11.1 Å². The molecule has 17 heavy (non-hydrogen) atoms. The van der Waals surface area contributed by atoms with E-state index in [1.54, 1.807) is 12.1 Å². The number of non-ortho nitro benzene ring substituents is 1. The molecule has 1 saturated carbocycles. The standard InChI is InChI=1S/C11H14IN3O2/c12-9-5-8(15(16)17)3-4-11(9)14-6-10(13)7-1-2-7/h3-5,7,10,14H,1-2,6,13H2. The third kappa shape index (κ3) is 3.29. The van der Waals surface area contributed by atoms with Gasteiger partial charge in [0.25, 0.3) is 5.69 Å². The van der Waals surface area contributed by atoms with Gasteiger partial charge in [-0.2, -0.15) is 0 Å². The predicted molar refractivity (Wildman–Crippen MR) is 75.0 cm³/mol. The Bertz CT molecular complexity index is 435. The van der Waals surface area contributed by atoms with Gasteiger partial charge in [-0.15, -0.1) is 0 Å². The normalized spacial score (nSPS) is 16.6. The molecule has 0 bridgehead atoms. The maximum absolute atomic E-state index is 10.6. The molecule has 0 radical (unpaired) electrons. The first-order valence-electron chi connectivity index (χ1n) is 5.51. The summed E-state index contributed by atoms with van der Waals surface area (Å²) in [5, 5.41) is 13.8. The summed E-state index contributed by atoms with van der Waals surface area (Å²) in [5.41, 5.74) is 7.01. The molecule has 0 aliphatic heterocycles. The van der Waals surface area contributed by atoms with Crippen LogP contribution in [0.3, 0.4) is 0 Å². The fourth-order valence-corrected chi connectivity index (χ4v) is 2.37. The summed E-state index contributed by atoms with van der Waals surface area (Å²) in [6.07, 6.45) is 2.44. The Morgan fingerprint density at radius 2 is 2.29 bits per heavy atom. The van der Waals surface area contributed by atoms with E-state index in [9.17, 15) is 10.1 Å². The molecule has 0 saturated heterocycles. The van der Waals surface area contributed by atoms with Crippen molar-refractivity contribution >= 4 is 34.0 Å². The van der Waals surface area contributed by atoms with Crippen molar-refractivity contribution in [2.75, 3.05) is 11.9 Å². The largest absolute Gasteiger partial charge is 0.383 e. The minimum absolute atomic E-state index is 0.117. The number of benzene rings is 1. The van der Waals surface area contributed by atoms with Crippen LogP contribution in [-0.4, -0.2) is 17.5 Å². The van der Waals surface area contributed by atoms with Crippen molar-refractivity contribution in [2.24, 2.45) is 11.7 Å². The van der Waals surface area contributed by atoms with Gasteiger partial charge in [-0.05, 0) is 47.4 Å². The molecule has 2 rings (SSSR count). The Morgan fingerprint density at radius 1 is 1.59 bits per heavy atom. The second-order valence-electron chi connectivity index (χ2n) is 4.30. The van der Waals surface area contributed by atoms with Crippen LogP contribution in [0.15, 0.2) is 18.2 Å². The SMILES string of the molecule is NC(CNc1ccc([N+](=O)[O-])cc1I)C1CC1. The van der Waals surface area contributed by atoms with E-state index in [-0.39, 0.29) is 16.7 Å². The van der Waals surface area contributed by atoms with Crippen LogP contribution in [0.1, 0.15) is 12.8 Å². The number of rotatable bonds is 5. The van der Waals surface area contributed by atoms with Crippen molar-refractivity contribution in [2.45, 2.75) is 18.9 Å². The lowest BCUT2D eigenvalue weighted by Crippen LogP contribution is -2.31. The van der Waals surface area contributed by atoms with E-state index in [1.807, 2.05) is 0 Å². The number of hydrogen-bond donors (Lipinski definition) is 2. The molecule has 92 valence electrons. The number of nitrogens with two attached hydrogens (primary N) is 1. The van der Waals surface area contributed by atoms with Crippen LogP contribution in [0.2, 0.25) is 0 Å². The molecule has 0 aromatic heterocycles. The number of nitrogens with one attached hydrogen (secondary N) is 1. The number of nitro benzene ring substituents is 1. The highest BCUT2D eigenvalue weighted by Gasteiger charge is 2.28. The molecule has 1 atom stereocenters. The summed E-state index contributed by atoms with van der Waals surface area (Å²) in [4.78, 5) is 10.2. The average Bonchev–Trinajstić information content (AvgIpc) is 3.10. The zero-order valence-corrected chi connectivity index (χ0v) is 11.4. The molecule has 1 aliphatic carbocycles. The predicted octanol–water partition coefficient (Wildman–Crippen LogP) is 2.35. The Kier molecular flexibility index (Phi) is 3.82. The maximum atomic E-state index is 10.6. The van der Waals surface area contributed by atoms with Crippen LogP contribution in [0.25, 0.3) is 0 Å². The van der Waals surface area contributed by atoms with Gasteiger partial charge in [0.1, 0.15) is 0 Å². The van der Waals surface area contributed by atoms with E-state index >= 15 is 0 Å². The molecule has 1 aromatic rings. The van der Waals surface area contributed by atoms with Crippen LogP contribution in [0, 0.1) is 19.6 Å². The summed E-state index contributed by atoms with van der Waals surface area (Å²) < 4.78 is 0.847. The van der Waals surface area contributed by atoms with Crippen LogP contribution >= 0.6 is 22.6 Å². The Labute approximate surface area is 113 Å². The highest BCUT2D eigenvalue weighted by Crippen LogP contribution is 2.32. The number of nitro groups is 1. The number of nitrogens with zero attached hydrogens (tertiary/aromatic N) is 1. The van der Waals surface area contributed by atoms with Crippen LogP contribution in [0.4, 0.5) is 11.4 Å². The Morgan fingerprint density at radius 3 is 2.82 bits per heavy atom. The van der Waals surface area contributed by atoms with Gasteiger partial charge in [-0.25, -0.2) is 0 Å². The molecular formula is C11H14IN3O2. The minimum atomic E-state index is -0.387. The molecule has 5 nitrogen and oxygen atoms in total. The van der Waals surface area contributed by atoms with Crippen molar-refractivity contribution in [1.82, 2.24) is 0 Å². The zero-order valence-electron chi connectivity index (χ0n) is 9.23. The van der Waals surface area contributed by atoms with Gasteiger partial charge in [0, 0.05) is 34.0 Å². The summed E-state index contributed by atoms with van der Waals surface area (Å²) in [5.74, 6) is 0.651. The quantitative estimate of drug-likeness (QED) is 0.487. The first-order valence-corrected chi connectivity index (χ1v) is 6.59. The van der Waals surface area contributed by atoms with Crippen LogP contribution in [0.5, 0.6) is 0 Å². The molecule has 0 heterocycles. The highest BCUT2D eigenvalue weighted by molar-refractivity contribution is 14.1. The van der Waals surface area contributed by atoms with Crippen molar-refractivity contribution in [1.29, 1.82) is 0 Å². The van der Waals surface area contributed by atoms with Gasteiger partial charge in [-0.3, -0.25) is 10.1 Å². The van der Waals surface area contributed by atoms with Crippen molar-refractivity contribution in [3.63, 3.8) is 0 Å². The third-order valence-corrected chi connectivity index (χ3v) is 3.81. The molecule has 6 heteroatoms. The second kappa shape index (κ2) is 5.18. The number of anilines is 1. The summed E-state index contributed by atoms with van der Waals surface area (Å²) >= 11 is 2.09. The summed E-state index contributed by atoms with van der Waals surface area (Å²) in [6.45, 7) is 0.721. The van der Waals surface area contributed by atoms with Crippen molar-refractivity contribution in [3.8, 4) is 0 Å². The van der Waals surface area contributed by atoms with Crippen molar-refractivity contribution < 1.29 is 4.92 Å². The third-order valence-electron chi connectivity index (χ3n) is 2.92. The average molecular weight is 347 g/mol. The van der Waals surface area contributed by atoms with Gasteiger partial charge in [0.2, 0.25) is 0 Å². The molecule has 1 fully saturated rings. The van der Waals surface area contributed by atoms with Gasteiger partial charge in [0.05, 0.1) is 4.92 Å². The lowest BCUT2D eigenvalue weighted by Gasteiger charge is -2.13. The molecule has 1 unspecified atom stereocenters. The molecular weight excluding hydrogens is 333 g/mol. The molecule has 0 spiro atoms. The number of halogens is 1. The van der Waals surface area contributed by atoms with Gasteiger partial charge in [0.15, 0.2) is 0 Å². The van der Waals surface area contributed by atoms with E-state index < -0.39 is 0 Å². The fraction of sp³-hybridized carbons (Fsp3) is 0.455. The Hall–Kier alpha value is -0.890. The molecule has 3 N–H and O–H groups in total. The van der Waals surface area contributed by atoms with E-state index in [4.69, 9.17) is 5.73 Å². The Balaban J connectivity index is 1.98. The zero-order chi connectivity index (χ0) is 12.4. The lowest BCUT2D eigenvalue weighted by atomic mass is 10.2. The monoisotopic (exact) mass is 347 g/mol. The first kappa shape index (κ1) is 12.6. The minimum Gasteiger partial charge on any atom is -0.383 e. The maximum Gasteiger partial charge on any atom is 0.270 e. The topological polar surface area (TPSA) is 81.2 Å². The lowest BCUT2D eigenvalue weighted by molar-refractivity contribution is -0.384. The van der Waals surface area contributed by atoms with Crippen LogP contribution in [-0.2, 0) is 0 Å². The van der Waals surface area contributed by atoms with Crippen molar-refractivity contribution in [3.05, 3.63) is 31.9 Å². The first-order chi connectivity index (χ1) is 8.08. The smallest absolute Gasteiger partial charge is 0.270 e. The highest BCUT2D eigenvalue weighted by atomic mass is 127. The molecule has 0 amide bonds.